The van der Waals surface area contributed by atoms with Gasteiger partial charge in [0.15, 0.2) is 10.8 Å². The van der Waals surface area contributed by atoms with Gasteiger partial charge >= 0.3 is 0 Å². The van der Waals surface area contributed by atoms with Gasteiger partial charge in [0.2, 0.25) is 5.91 Å². The van der Waals surface area contributed by atoms with Crippen molar-refractivity contribution >= 4 is 51.1 Å². The number of carbonyl (C=O) groups is 2. The van der Waals surface area contributed by atoms with Gasteiger partial charge in [-0.1, -0.05) is 19.9 Å². The molecule has 222 valence electrons. The first-order valence-electron chi connectivity index (χ1n) is 14.3. The van der Waals surface area contributed by atoms with Gasteiger partial charge in [0.05, 0.1) is 28.0 Å². The summed E-state index contributed by atoms with van der Waals surface area (Å²) in [5.74, 6) is 0.210. The molecule has 0 radical (unpaired) electrons. The molecule has 5 aromatic rings. The first kappa shape index (κ1) is 28.9. The lowest BCUT2D eigenvalue weighted by atomic mass is 10.0. The number of fused-ring (bicyclic) bond motifs is 1. The van der Waals surface area contributed by atoms with Gasteiger partial charge in [-0.2, -0.15) is 5.10 Å². The predicted octanol–water partition coefficient (Wildman–Crippen LogP) is 4.65. The van der Waals surface area contributed by atoms with E-state index in [2.05, 4.69) is 46.4 Å². The summed E-state index contributed by atoms with van der Waals surface area (Å²) in [4.78, 5) is 46.0. The molecule has 1 aliphatic heterocycles. The average molecular weight is 616 g/mol. The second-order valence-electron chi connectivity index (χ2n) is 10.3. The molecule has 11 nitrogen and oxygen atoms in total. The minimum atomic E-state index is -0.419. The van der Waals surface area contributed by atoms with Crippen molar-refractivity contribution in [1.82, 2.24) is 34.8 Å². The van der Waals surface area contributed by atoms with E-state index >= 15 is 0 Å². The molecule has 0 bridgehead atoms. The lowest BCUT2D eigenvalue weighted by Crippen LogP contribution is -2.55. The van der Waals surface area contributed by atoms with Crippen LogP contribution in [0.25, 0.3) is 27.5 Å². The maximum absolute atomic E-state index is 13.6. The summed E-state index contributed by atoms with van der Waals surface area (Å²) in [6, 6.07) is 9.27. The number of rotatable bonds is 11. The van der Waals surface area contributed by atoms with Crippen LogP contribution in [-0.2, 0) is 4.79 Å². The van der Waals surface area contributed by atoms with E-state index in [9.17, 15) is 9.59 Å². The first-order chi connectivity index (χ1) is 20.9. The number of carbonyl (C=O) groups excluding carboxylic acids is 2. The van der Waals surface area contributed by atoms with Gasteiger partial charge < -0.3 is 15.5 Å². The van der Waals surface area contributed by atoms with Crippen LogP contribution in [0.15, 0.2) is 59.7 Å². The Balaban J connectivity index is 1.35. The SMILES string of the molecule is CCN(CC)C(C)CNC(=O)c1cc(-c2cnn3ccc(-c4cccs4)nc23)nc(N2CCC2C(=O)Nc2nccs2)c1. The largest absolute Gasteiger partial charge is 0.350 e. The zero-order valence-electron chi connectivity index (χ0n) is 24.2. The number of pyridine rings is 1. The fourth-order valence-corrected chi connectivity index (χ4v) is 6.50. The fourth-order valence-electron chi connectivity index (χ4n) is 5.27. The van der Waals surface area contributed by atoms with E-state index in [0.29, 0.717) is 52.9 Å². The lowest BCUT2D eigenvalue weighted by molar-refractivity contribution is -0.118. The summed E-state index contributed by atoms with van der Waals surface area (Å²) in [6.07, 6.45) is 5.93. The molecular formula is C30H33N9O2S2. The molecule has 43 heavy (non-hydrogen) atoms. The fraction of sp³-hybridized carbons (Fsp3) is 0.333. The minimum absolute atomic E-state index is 0.148. The number of nitrogens with zero attached hydrogens (tertiary/aromatic N) is 7. The number of hydrogen-bond acceptors (Lipinski definition) is 10. The van der Waals surface area contributed by atoms with Crippen molar-refractivity contribution in [2.24, 2.45) is 0 Å². The Kier molecular flexibility index (Phi) is 8.45. The van der Waals surface area contributed by atoms with Crippen molar-refractivity contribution in [3.8, 4) is 21.8 Å². The third-order valence-corrected chi connectivity index (χ3v) is 9.35. The molecule has 0 spiro atoms. The maximum atomic E-state index is 13.6. The number of aromatic nitrogens is 5. The molecular weight excluding hydrogens is 583 g/mol. The summed E-state index contributed by atoms with van der Waals surface area (Å²) >= 11 is 2.99. The van der Waals surface area contributed by atoms with Crippen LogP contribution in [0, 0.1) is 0 Å². The van der Waals surface area contributed by atoms with Crippen LogP contribution >= 0.6 is 22.7 Å². The van der Waals surface area contributed by atoms with Crippen LogP contribution < -0.4 is 15.5 Å². The zero-order valence-corrected chi connectivity index (χ0v) is 25.9. The highest BCUT2D eigenvalue weighted by Crippen LogP contribution is 2.32. The molecule has 1 fully saturated rings. The van der Waals surface area contributed by atoms with Crippen molar-refractivity contribution in [2.75, 3.05) is 36.4 Å². The van der Waals surface area contributed by atoms with E-state index in [1.165, 1.54) is 11.3 Å². The molecule has 1 aliphatic rings. The highest BCUT2D eigenvalue weighted by atomic mass is 32.1. The van der Waals surface area contributed by atoms with Gasteiger partial charge in [-0.25, -0.2) is 19.5 Å². The Bertz CT molecular complexity index is 1710. The van der Waals surface area contributed by atoms with Crippen molar-refractivity contribution in [1.29, 1.82) is 0 Å². The van der Waals surface area contributed by atoms with Crippen molar-refractivity contribution < 1.29 is 9.59 Å². The third kappa shape index (κ3) is 6.01. The monoisotopic (exact) mass is 615 g/mol. The van der Waals surface area contributed by atoms with Crippen molar-refractivity contribution in [3.05, 3.63) is 65.2 Å². The quantitative estimate of drug-likeness (QED) is 0.220. The normalized spacial score (nSPS) is 15.4. The van der Waals surface area contributed by atoms with Crippen LogP contribution in [0.5, 0.6) is 0 Å². The predicted molar refractivity (Wildman–Crippen MR) is 171 cm³/mol. The van der Waals surface area contributed by atoms with E-state index in [4.69, 9.17) is 9.97 Å². The van der Waals surface area contributed by atoms with E-state index < -0.39 is 6.04 Å². The molecule has 13 heteroatoms. The van der Waals surface area contributed by atoms with Gasteiger partial charge in [0.1, 0.15) is 11.9 Å². The topological polar surface area (TPSA) is 121 Å². The van der Waals surface area contributed by atoms with Gasteiger partial charge in [0, 0.05) is 42.5 Å². The molecule has 6 rings (SSSR count). The van der Waals surface area contributed by atoms with Crippen molar-refractivity contribution in [2.45, 2.75) is 39.3 Å². The van der Waals surface area contributed by atoms with Crippen LogP contribution in [-0.4, -0.2) is 79.5 Å². The van der Waals surface area contributed by atoms with E-state index in [0.717, 1.165) is 23.7 Å². The van der Waals surface area contributed by atoms with Crippen LogP contribution in [0.4, 0.5) is 10.9 Å². The number of anilines is 2. The minimum Gasteiger partial charge on any atom is -0.350 e. The Hall–Kier alpha value is -4.20. The molecule has 0 aliphatic carbocycles. The summed E-state index contributed by atoms with van der Waals surface area (Å²) in [5, 5.41) is 14.9. The molecule has 0 aromatic carbocycles. The smallest absolute Gasteiger partial charge is 0.251 e. The summed E-state index contributed by atoms with van der Waals surface area (Å²) in [5.41, 5.74) is 3.21. The van der Waals surface area contributed by atoms with Crippen LogP contribution in [0.2, 0.25) is 0 Å². The Morgan fingerprint density at radius 2 is 1.98 bits per heavy atom. The highest BCUT2D eigenvalue weighted by Gasteiger charge is 2.36. The Morgan fingerprint density at radius 1 is 1.12 bits per heavy atom. The maximum Gasteiger partial charge on any atom is 0.251 e. The standard InChI is InChI=1S/C30H33N9O2S2/c1-4-37(5-2)19(3)17-32-28(40)20-15-23(21-18-33-39-12-8-22(35-27(21)39)25-7-6-13-42-25)34-26(16-20)38-11-9-24(38)29(41)36-30-31-10-14-43-30/h6-8,10,12-16,18-19,24H,4-5,9,11,17H2,1-3H3,(H,32,40)(H,31,36,41). The second-order valence-corrected chi connectivity index (χ2v) is 12.2. The van der Waals surface area contributed by atoms with E-state index in [-0.39, 0.29) is 17.9 Å². The molecule has 2 amide bonds. The highest BCUT2D eigenvalue weighted by molar-refractivity contribution is 7.14. The third-order valence-electron chi connectivity index (χ3n) is 7.77. The average Bonchev–Trinajstić information content (AvgIpc) is 3.78. The second kappa shape index (κ2) is 12.6. The van der Waals surface area contributed by atoms with E-state index in [1.807, 2.05) is 40.1 Å². The number of nitrogens with one attached hydrogen (secondary N) is 2. The number of amides is 2. The number of thiazole rings is 1. The summed E-state index contributed by atoms with van der Waals surface area (Å²) < 4.78 is 1.71. The molecule has 6 heterocycles. The molecule has 1 saturated heterocycles. The molecule has 2 atom stereocenters. The van der Waals surface area contributed by atoms with Gasteiger partial charge in [0.25, 0.3) is 5.91 Å². The van der Waals surface area contributed by atoms with Crippen LogP contribution in [0.1, 0.15) is 37.6 Å². The van der Waals surface area contributed by atoms with Gasteiger partial charge in [-0.3, -0.25) is 14.5 Å². The Morgan fingerprint density at radius 3 is 2.67 bits per heavy atom. The lowest BCUT2D eigenvalue weighted by Gasteiger charge is -2.40. The molecule has 5 aromatic heterocycles. The van der Waals surface area contributed by atoms with Gasteiger partial charge in [-0.05, 0) is 56.1 Å². The first-order valence-corrected chi connectivity index (χ1v) is 16.1. The molecule has 2 N–H and O–H groups in total. The number of thiophene rings is 1. The number of likely N-dealkylation sites (N-methyl/N-ethyl adjacent to an activating group) is 1. The molecule has 2 unspecified atom stereocenters. The van der Waals surface area contributed by atoms with Gasteiger partial charge in [-0.15, -0.1) is 22.7 Å². The van der Waals surface area contributed by atoms with Crippen molar-refractivity contribution in [3.63, 3.8) is 0 Å². The summed E-state index contributed by atoms with van der Waals surface area (Å²) in [7, 11) is 0. The van der Waals surface area contributed by atoms with Crippen LogP contribution in [0.3, 0.4) is 0 Å². The zero-order chi connectivity index (χ0) is 29.9. The Labute approximate surface area is 257 Å². The summed E-state index contributed by atoms with van der Waals surface area (Å²) in [6.45, 7) is 9.31. The number of hydrogen-bond donors (Lipinski definition) is 2. The van der Waals surface area contributed by atoms with E-state index in [1.54, 1.807) is 40.4 Å². The molecule has 0 saturated carbocycles.